The largest absolute Gasteiger partial charge is 0.392 e. The van der Waals surface area contributed by atoms with Crippen molar-refractivity contribution in [1.29, 1.82) is 0 Å². The summed E-state index contributed by atoms with van der Waals surface area (Å²) in [5, 5.41) is 9.02. The number of aromatic amines is 1. The number of nitrogens with one attached hydrogen (secondary N) is 2. The molecule has 15 heavy (non-hydrogen) atoms. The molecule has 1 heterocycles. The van der Waals surface area contributed by atoms with E-state index in [1.54, 1.807) is 0 Å². The van der Waals surface area contributed by atoms with Gasteiger partial charge in [-0.1, -0.05) is 25.6 Å². The summed E-state index contributed by atoms with van der Waals surface area (Å²) in [5.41, 5.74) is 6.00. The second-order valence-electron chi connectivity index (χ2n) is 3.20. The Balaban J connectivity index is 2.59. The average Bonchev–Trinajstić information content (AvgIpc) is 2.69. The fraction of sp³-hybridized carbons (Fsp3) is 0.444. The summed E-state index contributed by atoms with van der Waals surface area (Å²) in [5.74, 6) is -0.213. The van der Waals surface area contributed by atoms with E-state index in [9.17, 15) is 4.79 Å². The lowest BCUT2D eigenvalue weighted by Crippen LogP contribution is -2.43. The molecule has 0 aliphatic rings. The summed E-state index contributed by atoms with van der Waals surface area (Å²) in [6.45, 7) is 2.01. The number of aromatic nitrogens is 2. The van der Waals surface area contributed by atoms with Crippen LogP contribution in [0.1, 0.15) is 30.1 Å². The predicted octanol–water partition coefficient (Wildman–Crippen LogP) is 0.594. The van der Waals surface area contributed by atoms with E-state index >= 15 is 0 Å². The van der Waals surface area contributed by atoms with Crippen molar-refractivity contribution in [1.82, 2.24) is 15.5 Å². The molecular weight excluding hydrogens is 212 g/mol. The molecule has 1 unspecified atom stereocenters. The standard InChI is InChI=1S/C9H14N4OS/c1-2-3-7(8(10)15)13-9(14)6-4-11-12-5-6/h4-5,7H,2-3H2,1H3,(H2,10,15)(H,11,12)(H,13,14). The summed E-state index contributed by atoms with van der Waals surface area (Å²) >= 11 is 4.87. The first-order valence-corrected chi connectivity index (χ1v) is 5.15. The van der Waals surface area contributed by atoms with E-state index in [-0.39, 0.29) is 11.9 Å². The highest BCUT2D eigenvalue weighted by Crippen LogP contribution is 2.00. The van der Waals surface area contributed by atoms with Crippen LogP contribution < -0.4 is 11.1 Å². The Morgan fingerprint density at radius 1 is 1.80 bits per heavy atom. The summed E-state index contributed by atoms with van der Waals surface area (Å²) in [7, 11) is 0. The number of carbonyl (C=O) groups is 1. The van der Waals surface area contributed by atoms with Gasteiger partial charge in [-0.15, -0.1) is 0 Å². The van der Waals surface area contributed by atoms with Gasteiger partial charge in [0.05, 0.1) is 22.8 Å². The van der Waals surface area contributed by atoms with Gasteiger partial charge < -0.3 is 11.1 Å². The molecule has 1 aromatic heterocycles. The van der Waals surface area contributed by atoms with Gasteiger partial charge in [0, 0.05) is 6.20 Å². The van der Waals surface area contributed by atoms with Crippen LogP contribution in [0, 0.1) is 0 Å². The maximum absolute atomic E-state index is 11.6. The SMILES string of the molecule is CCCC(NC(=O)c1cn[nH]c1)C(N)=S. The Kier molecular flexibility index (Phi) is 4.23. The Morgan fingerprint density at radius 2 is 2.53 bits per heavy atom. The van der Waals surface area contributed by atoms with Crippen LogP contribution in [-0.2, 0) is 0 Å². The third-order valence-electron chi connectivity index (χ3n) is 1.99. The van der Waals surface area contributed by atoms with Crippen molar-refractivity contribution in [3.63, 3.8) is 0 Å². The van der Waals surface area contributed by atoms with Crippen LogP contribution in [0.2, 0.25) is 0 Å². The van der Waals surface area contributed by atoms with Gasteiger partial charge in [0.25, 0.3) is 5.91 Å². The molecule has 0 spiro atoms. The van der Waals surface area contributed by atoms with Crippen LogP contribution in [0.25, 0.3) is 0 Å². The average molecular weight is 226 g/mol. The van der Waals surface area contributed by atoms with Crippen molar-refractivity contribution >= 4 is 23.1 Å². The fourth-order valence-corrected chi connectivity index (χ4v) is 1.37. The number of hydrogen-bond acceptors (Lipinski definition) is 3. The van der Waals surface area contributed by atoms with E-state index in [4.69, 9.17) is 18.0 Å². The topological polar surface area (TPSA) is 83.8 Å². The Hall–Kier alpha value is -1.43. The van der Waals surface area contributed by atoms with Crippen LogP contribution in [0.5, 0.6) is 0 Å². The Morgan fingerprint density at radius 3 is 3.00 bits per heavy atom. The minimum atomic E-state index is -0.243. The highest BCUT2D eigenvalue weighted by Gasteiger charge is 2.15. The summed E-state index contributed by atoms with van der Waals surface area (Å²) in [6.07, 6.45) is 4.64. The third kappa shape index (κ3) is 3.32. The van der Waals surface area contributed by atoms with E-state index in [1.165, 1.54) is 12.4 Å². The van der Waals surface area contributed by atoms with E-state index in [2.05, 4.69) is 15.5 Å². The molecule has 1 amide bonds. The molecule has 5 nitrogen and oxygen atoms in total. The van der Waals surface area contributed by atoms with Crippen molar-refractivity contribution in [3.8, 4) is 0 Å². The number of rotatable bonds is 5. The lowest BCUT2D eigenvalue weighted by molar-refractivity contribution is 0.0946. The highest BCUT2D eigenvalue weighted by molar-refractivity contribution is 7.80. The second-order valence-corrected chi connectivity index (χ2v) is 3.68. The summed E-state index contributed by atoms with van der Waals surface area (Å²) in [4.78, 5) is 11.9. The smallest absolute Gasteiger partial charge is 0.255 e. The molecule has 0 aliphatic heterocycles. The zero-order valence-electron chi connectivity index (χ0n) is 8.49. The molecule has 0 aliphatic carbocycles. The first-order chi connectivity index (χ1) is 7.15. The molecule has 0 bridgehead atoms. The third-order valence-corrected chi connectivity index (χ3v) is 2.27. The van der Waals surface area contributed by atoms with Gasteiger partial charge in [-0.3, -0.25) is 9.89 Å². The normalized spacial score (nSPS) is 12.1. The van der Waals surface area contributed by atoms with Gasteiger partial charge in [0.2, 0.25) is 0 Å². The number of nitrogens with two attached hydrogens (primary N) is 1. The summed E-state index contributed by atoms with van der Waals surface area (Å²) in [6, 6.07) is -0.243. The monoisotopic (exact) mass is 226 g/mol. The molecule has 82 valence electrons. The molecule has 0 saturated carbocycles. The number of hydrogen-bond donors (Lipinski definition) is 3. The highest BCUT2D eigenvalue weighted by atomic mass is 32.1. The fourth-order valence-electron chi connectivity index (χ4n) is 1.19. The van der Waals surface area contributed by atoms with E-state index < -0.39 is 0 Å². The first kappa shape index (κ1) is 11.6. The van der Waals surface area contributed by atoms with E-state index in [1.807, 2.05) is 6.92 Å². The molecule has 4 N–H and O–H groups in total. The molecule has 6 heteroatoms. The Labute approximate surface area is 93.4 Å². The maximum Gasteiger partial charge on any atom is 0.255 e. The summed E-state index contributed by atoms with van der Waals surface area (Å²) < 4.78 is 0. The quantitative estimate of drug-likeness (QED) is 0.642. The van der Waals surface area contributed by atoms with Crippen molar-refractivity contribution < 1.29 is 4.79 Å². The molecule has 0 fully saturated rings. The minimum Gasteiger partial charge on any atom is -0.392 e. The first-order valence-electron chi connectivity index (χ1n) is 4.74. The number of nitrogens with zero attached hydrogens (tertiary/aromatic N) is 1. The molecular formula is C9H14N4OS. The van der Waals surface area contributed by atoms with Gasteiger partial charge in [-0.2, -0.15) is 5.10 Å². The minimum absolute atomic E-state index is 0.213. The van der Waals surface area contributed by atoms with Crippen molar-refractivity contribution in [2.24, 2.45) is 5.73 Å². The van der Waals surface area contributed by atoms with Crippen molar-refractivity contribution in [2.75, 3.05) is 0 Å². The molecule has 1 atom stereocenters. The lowest BCUT2D eigenvalue weighted by Gasteiger charge is -2.15. The van der Waals surface area contributed by atoms with Crippen LogP contribution in [0.3, 0.4) is 0 Å². The van der Waals surface area contributed by atoms with E-state index in [0.29, 0.717) is 10.6 Å². The molecule has 0 aromatic carbocycles. The number of H-pyrrole nitrogens is 1. The number of amides is 1. The van der Waals surface area contributed by atoms with Crippen LogP contribution in [0.15, 0.2) is 12.4 Å². The lowest BCUT2D eigenvalue weighted by atomic mass is 10.1. The van der Waals surface area contributed by atoms with Gasteiger partial charge in [-0.25, -0.2) is 0 Å². The molecule has 0 saturated heterocycles. The van der Waals surface area contributed by atoms with Gasteiger partial charge in [0.1, 0.15) is 0 Å². The molecule has 0 radical (unpaired) electrons. The van der Waals surface area contributed by atoms with Crippen LogP contribution in [0.4, 0.5) is 0 Å². The van der Waals surface area contributed by atoms with Crippen LogP contribution >= 0.6 is 12.2 Å². The van der Waals surface area contributed by atoms with Gasteiger partial charge in [0.15, 0.2) is 0 Å². The number of thiocarbonyl (C=S) groups is 1. The zero-order chi connectivity index (χ0) is 11.3. The second kappa shape index (κ2) is 5.45. The van der Waals surface area contributed by atoms with Crippen LogP contribution in [-0.4, -0.2) is 27.1 Å². The van der Waals surface area contributed by atoms with Crippen molar-refractivity contribution in [2.45, 2.75) is 25.8 Å². The van der Waals surface area contributed by atoms with Crippen molar-refractivity contribution in [3.05, 3.63) is 18.0 Å². The van der Waals surface area contributed by atoms with Gasteiger partial charge >= 0.3 is 0 Å². The number of carbonyl (C=O) groups excluding carboxylic acids is 1. The maximum atomic E-state index is 11.6. The van der Waals surface area contributed by atoms with E-state index in [0.717, 1.165) is 12.8 Å². The zero-order valence-corrected chi connectivity index (χ0v) is 9.30. The predicted molar refractivity (Wildman–Crippen MR) is 61.5 cm³/mol. The molecule has 1 aromatic rings. The molecule has 1 rings (SSSR count). The van der Waals surface area contributed by atoms with Gasteiger partial charge in [-0.05, 0) is 6.42 Å². The Bertz CT molecular complexity index is 336.